The molecule has 0 fully saturated rings. The quantitative estimate of drug-likeness (QED) is 0.552. The zero-order valence-electron chi connectivity index (χ0n) is 4.87. The standard InChI is InChI=1S/C6H8S2Se/c7-2-5-1-6(3-8)9-4-5/h1,4,7-8H,2-3H2. The van der Waals surface area contributed by atoms with Crippen molar-refractivity contribution < 1.29 is 0 Å². The van der Waals surface area contributed by atoms with Gasteiger partial charge in [-0.3, -0.25) is 0 Å². The van der Waals surface area contributed by atoms with Crippen LogP contribution >= 0.6 is 25.3 Å². The summed E-state index contributed by atoms with van der Waals surface area (Å²) in [7, 11) is 0. The molecule has 0 bridgehead atoms. The predicted molar refractivity (Wildman–Crippen MR) is 48.8 cm³/mol. The molecule has 1 aromatic heterocycles. The van der Waals surface area contributed by atoms with E-state index in [2.05, 4.69) is 36.3 Å². The molecule has 3 heteroatoms. The van der Waals surface area contributed by atoms with Crippen molar-refractivity contribution in [3.05, 3.63) is 21.0 Å². The van der Waals surface area contributed by atoms with Gasteiger partial charge in [-0.25, -0.2) is 0 Å². The summed E-state index contributed by atoms with van der Waals surface area (Å²) in [5, 5.41) is 0. The third-order valence-corrected chi connectivity index (χ3v) is 4.30. The van der Waals surface area contributed by atoms with Crippen molar-refractivity contribution in [3.63, 3.8) is 0 Å². The van der Waals surface area contributed by atoms with E-state index in [0.717, 1.165) is 11.5 Å². The van der Waals surface area contributed by atoms with Crippen LogP contribution in [0.5, 0.6) is 0 Å². The fourth-order valence-electron chi connectivity index (χ4n) is 0.592. The fraction of sp³-hybridized carbons (Fsp3) is 0.333. The molecule has 0 amide bonds. The van der Waals surface area contributed by atoms with Gasteiger partial charge < -0.3 is 0 Å². The molecule has 1 heterocycles. The number of hydrogen-bond acceptors (Lipinski definition) is 2. The van der Waals surface area contributed by atoms with Gasteiger partial charge in [0.15, 0.2) is 0 Å². The Morgan fingerprint density at radius 3 is 2.44 bits per heavy atom. The molecule has 0 spiro atoms. The van der Waals surface area contributed by atoms with Gasteiger partial charge >= 0.3 is 72.3 Å². The molecule has 9 heavy (non-hydrogen) atoms. The maximum atomic E-state index is 4.18. The SMILES string of the molecule is SCc1c[se]c(CS)c1. The first-order valence-corrected chi connectivity index (χ1v) is 5.76. The summed E-state index contributed by atoms with van der Waals surface area (Å²) in [5.74, 6) is 1.78. The molecule has 0 atom stereocenters. The Morgan fingerprint density at radius 1 is 1.33 bits per heavy atom. The zero-order valence-corrected chi connectivity index (χ0v) is 8.37. The first-order chi connectivity index (χ1) is 4.36. The van der Waals surface area contributed by atoms with Gasteiger partial charge in [-0.2, -0.15) is 0 Å². The van der Waals surface area contributed by atoms with E-state index in [1.165, 1.54) is 10.0 Å². The van der Waals surface area contributed by atoms with Gasteiger partial charge in [0.2, 0.25) is 0 Å². The Labute approximate surface area is 72.2 Å². The normalized spacial score (nSPS) is 10.0. The topological polar surface area (TPSA) is 0 Å². The zero-order chi connectivity index (χ0) is 6.69. The van der Waals surface area contributed by atoms with Crippen LogP contribution in [0.2, 0.25) is 0 Å². The van der Waals surface area contributed by atoms with Crippen molar-refractivity contribution in [2.75, 3.05) is 0 Å². The summed E-state index contributed by atoms with van der Waals surface area (Å²) in [6.07, 6.45) is 0. The minimum atomic E-state index is 0.583. The van der Waals surface area contributed by atoms with Gasteiger partial charge in [-0.05, 0) is 0 Å². The van der Waals surface area contributed by atoms with Crippen LogP contribution in [-0.2, 0) is 11.5 Å². The second kappa shape index (κ2) is 3.77. The molecule has 1 rings (SSSR count). The number of rotatable bonds is 2. The van der Waals surface area contributed by atoms with Gasteiger partial charge in [0, 0.05) is 0 Å². The monoisotopic (exact) mass is 224 g/mol. The van der Waals surface area contributed by atoms with Gasteiger partial charge in [0.1, 0.15) is 0 Å². The van der Waals surface area contributed by atoms with Crippen LogP contribution in [-0.4, -0.2) is 14.5 Å². The molecule has 0 saturated heterocycles. The van der Waals surface area contributed by atoms with E-state index in [1.54, 1.807) is 0 Å². The van der Waals surface area contributed by atoms with Crippen LogP contribution in [0.15, 0.2) is 11.0 Å². The molecular formula is C6H8S2Se. The second-order valence-electron chi connectivity index (χ2n) is 1.74. The van der Waals surface area contributed by atoms with E-state index in [0.29, 0.717) is 14.5 Å². The summed E-state index contributed by atoms with van der Waals surface area (Å²) < 4.78 is 1.47. The summed E-state index contributed by atoms with van der Waals surface area (Å²) >= 11 is 8.93. The number of hydrogen-bond donors (Lipinski definition) is 2. The minimum absolute atomic E-state index is 0.583. The average molecular weight is 223 g/mol. The van der Waals surface area contributed by atoms with Crippen LogP contribution in [0.3, 0.4) is 0 Å². The predicted octanol–water partition coefficient (Wildman–Crippen LogP) is 1.60. The van der Waals surface area contributed by atoms with Crippen molar-refractivity contribution in [2.24, 2.45) is 0 Å². The fourth-order valence-corrected chi connectivity index (χ4v) is 3.10. The first-order valence-electron chi connectivity index (χ1n) is 2.65. The van der Waals surface area contributed by atoms with E-state index in [9.17, 15) is 0 Å². The molecular weight excluding hydrogens is 215 g/mol. The Morgan fingerprint density at radius 2 is 2.11 bits per heavy atom. The van der Waals surface area contributed by atoms with Gasteiger partial charge in [-0.15, -0.1) is 0 Å². The molecule has 0 aromatic carbocycles. The van der Waals surface area contributed by atoms with E-state index >= 15 is 0 Å². The average Bonchev–Trinajstić information content (AvgIpc) is 2.34. The number of thiol groups is 2. The van der Waals surface area contributed by atoms with Crippen molar-refractivity contribution in [3.8, 4) is 0 Å². The van der Waals surface area contributed by atoms with Crippen molar-refractivity contribution in [1.82, 2.24) is 0 Å². The van der Waals surface area contributed by atoms with Crippen LogP contribution in [0.4, 0.5) is 0 Å². The maximum absolute atomic E-state index is 4.18. The summed E-state index contributed by atoms with van der Waals surface area (Å²) in [6, 6.07) is 2.21. The van der Waals surface area contributed by atoms with Crippen molar-refractivity contribution in [2.45, 2.75) is 11.5 Å². The summed E-state index contributed by atoms with van der Waals surface area (Å²) in [6.45, 7) is 0. The summed E-state index contributed by atoms with van der Waals surface area (Å²) in [4.78, 5) is 2.27. The third-order valence-electron chi connectivity index (χ3n) is 1.05. The van der Waals surface area contributed by atoms with E-state index in [1.807, 2.05) is 0 Å². The van der Waals surface area contributed by atoms with Gasteiger partial charge in [0.25, 0.3) is 0 Å². The molecule has 50 valence electrons. The van der Waals surface area contributed by atoms with Crippen LogP contribution in [0.25, 0.3) is 0 Å². The van der Waals surface area contributed by atoms with E-state index in [4.69, 9.17) is 0 Å². The third kappa shape index (κ3) is 2.08. The summed E-state index contributed by atoms with van der Waals surface area (Å²) in [5.41, 5.74) is 1.36. The second-order valence-corrected chi connectivity index (χ2v) is 4.46. The van der Waals surface area contributed by atoms with Crippen molar-refractivity contribution in [1.29, 1.82) is 0 Å². The first kappa shape index (κ1) is 7.80. The van der Waals surface area contributed by atoms with E-state index in [-0.39, 0.29) is 0 Å². The Bertz CT molecular complexity index is 164. The Hall–Kier alpha value is 0.699. The molecule has 0 unspecified atom stereocenters. The van der Waals surface area contributed by atoms with Crippen LogP contribution in [0, 0.1) is 0 Å². The van der Waals surface area contributed by atoms with Crippen LogP contribution < -0.4 is 0 Å². The Balaban J connectivity index is 2.74. The molecule has 0 aliphatic carbocycles. The molecule has 0 saturated carbocycles. The molecule has 0 N–H and O–H groups in total. The molecule has 0 nitrogen and oxygen atoms in total. The van der Waals surface area contributed by atoms with Gasteiger partial charge in [-0.1, -0.05) is 0 Å². The Kier molecular flexibility index (Phi) is 3.27. The van der Waals surface area contributed by atoms with Gasteiger partial charge in [0.05, 0.1) is 0 Å². The molecule has 1 aromatic rings. The molecule has 0 radical (unpaired) electrons. The van der Waals surface area contributed by atoms with E-state index < -0.39 is 0 Å². The molecule has 0 aliphatic heterocycles. The van der Waals surface area contributed by atoms with Crippen LogP contribution in [0.1, 0.15) is 10.0 Å². The van der Waals surface area contributed by atoms with Crippen molar-refractivity contribution >= 4 is 39.8 Å². The molecule has 0 aliphatic rings.